The molecule has 0 aromatic carbocycles. The molecule has 1 N–H and O–H groups in total. The summed E-state index contributed by atoms with van der Waals surface area (Å²) in [7, 11) is -2.76. The van der Waals surface area contributed by atoms with Gasteiger partial charge in [0.25, 0.3) is 0 Å². The molecular formula is C13H21N5O5S. The van der Waals surface area contributed by atoms with Gasteiger partial charge in [0.15, 0.2) is 11.6 Å². The zero-order chi connectivity index (χ0) is 17.6. The van der Waals surface area contributed by atoms with Crippen LogP contribution in [-0.2, 0) is 28.1 Å². The van der Waals surface area contributed by atoms with Crippen LogP contribution in [0.4, 0.5) is 0 Å². The Morgan fingerprint density at radius 3 is 2.67 bits per heavy atom. The van der Waals surface area contributed by atoms with Gasteiger partial charge in [0.05, 0.1) is 5.69 Å². The van der Waals surface area contributed by atoms with Crippen molar-refractivity contribution in [1.29, 1.82) is 0 Å². The molecule has 0 aliphatic rings. The third-order valence-electron chi connectivity index (χ3n) is 3.53. The summed E-state index contributed by atoms with van der Waals surface area (Å²) in [6.07, 6.45) is 3.79. The first-order valence-corrected chi connectivity index (χ1v) is 9.02. The van der Waals surface area contributed by atoms with Gasteiger partial charge in [-0.2, -0.15) is 8.42 Å². The molecule has 10 nitrogen and oxygen atoms in total. The largest absolute Gasteiger partial charge is 0.398 e. The first-order chi connectivity index (χ1) is 11.3. The fourth-order valence-corrected chi connectivity index (χ4v) is 2.83. The van der Waals surface area contributed by atoms with E-state index in [1.54, 1.807) is 24.7 Å². The highest BCUT2D eigenvalue weighted by atomic mass is 32.3. The maximum atomic E-state index is 11.0. The minimum atomic E-state index is -4.56. The van der Waals surface area contributed by atoms with E-state index in [2.05, 4.69) is 24.9 Å². The molecule has 0 amide bonds. The minimum absolute atomic E-state index is 0.287. The van der Waals surface area contributed by atoms with Crippen LogP contribution in [-0.4, -0.2) is 38.3 Å². The Kier molecular flexibility index (Phi) is 6.40. The van der Waals surface area contributed by atoms with Gasteiger partial charge in [0.2, 0.25) is 0 Å². The SMILES string of the molecule is Cc1cc(C(CCCCCCc2nnnn2C)OS(=O)(=O)O)on1. The number of aryl methyl sites for hydroxylation is 3. The predicted molar refractivity (Wildman–Crippen MR) is 82.2 cm³/mol. The van der Waals surface area contributed by atoms with Crippen LogP contribution < -0.4 is 0 Å². The number of rotatable bonds is 10. The van der Waals surface area contributed by atoms with Crippen LogP contribution >= 0.6 is 0 Å². The molecule has 0 saturated heterocycles. The maximum absolute atomic E-state index is 11.0. The molecule has 1 unspecified atom stereocenters. The second-order valence-electron chi connectivity index (χ2n) is 5.55. The highest BCUT2D eigenvalue weighted by Crippen LogP contribution is 2.26. The first kappa shape index (κ1) is 18.5. The van der Waals surface area contributed by atoms with Gasteiger partial charge in [-0.05, 0) is 30.2 Å². The Hall–Kier alpha value is -1.85. The second kappa shape index (κ2) is 8.31. The molecule has 0 bridgehead atoms. The minimum Gasteiger partial charge on any atom is -0.358 e. The van der Waals surface area contributed by atoms with E-state index >= 15 is 0 Å². The molecule has 0 radical (unpaired) electrons. The Bertz CT molecular complexity index is 742. The summed E-state index contributed by atoms with van der Waals surface area (Å²) in [6, 6.07) is 1.59. The van der Waals surface area contributed by atoms with Crippen LogP contribution in [0.5, 0.6) is 0 Å². The lowest BCUT2D eigenvalue weighted by molar-refractivity contribution is 0.139. The van der Waals surface area contributed by atoms with Crippen molar-refractivity contribution in [2.45, 2.75) is 51.6 Å². The summed E-state index contributed by atoms with van der Waals surface area (Å²) in [5.74, 6) is 1.12. The molecule has 0 spiro atoms. The van der Waals surface area contributed by atoms with Crippen LogP contribution in [0.15, 0.2) is 10.6 Å². The second-order valence-corrected chi connectivity index (χ2v) is 6.60. The average Bonchev–Trinajstić information content (AvgIpc) is 3.09. The van der Waals surface area contributed by atoms with Crippen LogP contribution in [0.25, 0.3) is 0 Å². The summed E-state index contributed by atoms with van der Waals surface area (Å²) in [6.45, 7) is 1.72. The highest BCUT2D eigenvalue weighted by Gasteiger charge is 2.22. The monoisotopic (exact) mass is 359 g/mol. The number of nitrogens with zero attached hydrogens (tertiary/aromatic N) is 5. The molecule has 2 heterocycles. The standard InChI is InChI=1S/C13H21N5O5S/c1-10-9-12(22-15-10)11(23-24(19,20)21)7-5-3-4-6-8-13-14-16-17-18(13)2/h9,11H,3-8H2,1-2H3,(H,19,20,21). The molecule has 11 heteroatoms. The highest BCUT2D eigenvalue weighted by molar-refractivity contribution is 7.80. The number of aromatic nitrogens is 5. The zero-order valence-electron chi connectivity index (χ0n) is 13.6. The molecule has 134 valence electrons. The number of unbranched alkanes of at least 4 members (excludes halogenated alkanes) is 3. The van der Waals surface area contributed by atoms with Crippen molar-refractivity contribution in [1.82, 2.24) is 25.4 Å². The summed E-state index contributed by atoms with van der Waals surface area (Å²) in [5.41, 5.74) is 0.617. The van der Waals surface area contributed by atoms with E-state index < -0.39 is 16.5 Å². The van der Waals surface area contributed by atoms with Crippen molar-refractivity contribution >= 4 is 10.4 Å². The van der Waals surface area contributed by atoms with Crippen molar-refractivity contribution in [3.63, 3.8) is 0 Å². The van der Waals surface area contributed by atoms with Gasteiger partial charge < -0.3 is 4.52 Å². The van der Waals surface area contributed by atoms with E-state index in [9.17, 15) is 8.42 Å². The van der Waals surface area contributed by atoms with Crippen LogP contribution in [0.1, 0.15) is 55.5 Å². The lowest BCUT2D eigenvalue weighted by Crippen LogP contribution is -2.10. The lowest BCUT2D eigenvalue weighted by atomic mass is 10.1. The van der Waals surface area contributed by atoms with E-state index in [4.69, 9.17) is 9.08 Å². The summed E-state index contributed by atoms with van der Waals surface area (Å²) >= 11 is 0. The molecule has 0 saturated carbocycles. The van der Waals surface area contributed by atoms with Gasteiger partial charge in [-0.25, -0.2) is 8.86 Å². The van der Waals surface area contributed by atoms with Crippen LogP contribution in [0, 0.1) is 6.92 Å². The molecule has 0 fully saturated rings. The Morgan fingerprint density at radius 2 is 2.08 bits per heavy atom. The Balaban J connectivity index is 1.75. The molecule has 24 heavy (non-hydrogen) atoms. The normalized spacial score (nSPS) is 13.3. The van der Waals surface area contributed by atoms with Crippen molar-refractivity contribution in [2.24, 2.45) is 7.05 Å². The Labute approximate surface area is 140 Å². The zero-order valence-corrected chi connectivity index (χ0v) is 14.4. The number of hydrogen-bond acceptors (Lipinski definition) is 8. The van der Waals surface area contributed by atoms with Crippen molar-refractivity contribution in [3.8, 4) is 0 Å². The lowest BCUT2D eigenvalue weighted by Gasteiger charge is -2.12. The quantitative estimate of drug-likeness (QED) is 0.495. The van der Waals surface area contributed by atoms with Gasteiger partial charge >= 0.3 is 10.4 Å². The van der Waals surface area contributed by atoms with Crippen molar-refractivity contribution in [2.75, 3.05) is 0 Å². The molecule has 1 atom stereocenters. The predicted octanol–water partition coefficient (Wildman–Crippen LogP) is 1.56. The van der Waals surface area contributed by atoms with Gasteiger partial charge in [-0.1, -0.05) is 24.4 Å². The van der Waals surface area contributed by atoms with E-state index in [-0.39, 0.29) is 5.76 Å². The number of hydrogen-bond donors (Lipinski definition) is 1. The van der Waals surface area contributed by atoms with Crippen molar-refractivity contribution < 1.29 is 21.7 Å². The van der Waals surface area contributed by atoms with Gasteiger partial charge in [0.1, 0.15) is 6.10 Å². The van der Waals surface area contributed by atoms with E-state index in [1.165, 1.54) is 0 Å². The molecule has 0 aliphatic carbocycles. The fourth-order valence-electron chi connectivity index (χ4n) is 2.35. The third kappa shape index (κ3) is 5.98. The van der Waals surface area contributed by atoms with E-state index in [0.29, 0.717) is 12.1 Å². The average molecular weight is 359 g/mol. The van der Waals surface area contributed by atoms with Crippen LogP contribution in [0.2, 0.25) is 0 Å². The Morgan fingerprint density at radius 1 is 1.33 bits per heavy atom. The molecule has 2 aromatic rings. The molecular weight excluding hydrogens is 338 g/mol. The molecule has 0 aliphatic heterocycles. The van der Waals surface area contributed by atoms with Gasteiger partial charge in [-0.15, -0.1) is 5.10 Å². The van der Waals surface area contributed by atoms with E-state index in [0.717, 1.165) is 37.9 Å². The topological polar surface area (TPSA) is 133 Å². The fraction of sp³-hybridized carbons (Fsp3) is 0.692. The third-order valence-corrected chi connectivity index (χ3v) is 4.00. The molecule has 2 aromatic heterocycles. The van der Waals surface area contributed by atoms with E-state index in [1.807, 2.05) is 0 Å². The van der Waals surface area contributed by atoms with Gasteiger partial charge in [0, 0.05) is 19.5 Å². The summed E-state index contributed by atoms with van der Waals surface area (Å²) in [5, 5.41) is 15.0. The summed E-state index contributed by atoms with van der Waals surface area (Å²) < 4.78 is 42.2. The molecule has 2 rings (SSSR count). The number of tetrazole rings is 1. The smallest absolute Gasteiger partial charge is 0.358 e. The van der Waals surface area contributed by atoms with Crippen molar-refractivity contribution in [3.05, 3.63) is 23.3 Å². The summed E-state index contributed by atoms with van der Waals surface area (Å²) in [4.78, 5) is 0. The maximum Gasteiger partial charge on any atom is 0.398 e. The van der Waals surface area contributed by atoms with Crippen LogP contribution in [0.3, 0.4) is 0 Å². The first-order valence-electron chi connectivity index (χ1n) is 7.65. The van der Waals surface area contributed by atoms with Gasteiger partial charge in [-0.3, -0.25) is 4.55 Å².